The molecule has 0 bridgehead atoms. The molecule has 0 fully saturated rings. The van der Waals surface area contributed by atoms with Gasteiger partial charge in [-0.2, -0.15) is 13.2 Å². The van der Waals surface area contributed by atoms with Gasteiger partial charge in [-0.15, -0.1) is 0 Å². The van der Waals surface area contributed by atoms with Crippen molar-refractivity contribution in [2.75, 3.05) is 0 Å². The molecule has 2 aromatic rings. The fourth-order valence-corrected chi connectivity index (χ4v) is 2.52. The summed E-state index contributed by atoms with van der Waals surface area (Å²) >= 11 is 23.4. The van der Waals surface area contributed by atoms with Crippen LogP contribution in [0.2, 0.25) is 20.1 Å². The van der Waals surface area contributed by atoms with Gasteiger partial charge in [0.1, 0.15) is 0 Å². The van der Waals surface area contributed by atoms with Crippen LogP contribution in [0, 0.1) is 0 Å². The lowest BCUT2D eigenvalue weighted by molar-refractivity contribution is -0.137. The molecule has 0 aliphatic heterocycles. The van der Waals surface area contributed by atoms with Crippen LogP contribution in [0.15, 0.2) is 24.4 Å². The predicted molar refractivity (Wildman–Crippen MR) is 74.7 cm³/mol. The third-order valence-electron chi connectivity index (χ3n) is 2.46. The lowest BCUT2D eigenvalue weighted by Gasteiger charge is -2.12. The van der Waals surface area contributed by atoms with Gasteiger partial charge >= 0.3 is 6.18 Å². The average molecular weight is 361 g/mol. The summed E-state index contributed by atoms with van der Waals surface area (Å²) in [6.45, 7) is 0. The van der Waals surface area contributed by atoms with Crippen LogP contribution in [-0.4, -0.2) is 4.98 Å². The van der Waals surface area contributed by atoms with Crippen molar-refractivity contribution in [1.29, 1.82) is 0 Å². The minimum absolute atomic E-state index is 0.0995. The number of halogens is 7. The van der Waals surface area contributed by atoms with Crippen LogP contribution in [0.4, 0.5) is 13.2 Å². The van der Waals surface area contributed by atoms with Crippen molar-refractivity contribution in [1.82, 2.24) is 4.98 Å². The first kappa shape index (κ1) is 15.7. The van der Waals surface area contributed by atoms with Crippen molar-refractivity contribution >= 4 is 46.4 Å². The molecule has 0 spiro atoms. The lowest BCUT2D eigenvalue weighted by atomic mass is 10.1. The van der Waals surface area contributed by atoms with Crippen molar-refractivity contribution in [2.24, 2.45) is 0 Å². The predicted octanol–water partition coefficient (Wildman–Crippen LogP) is 6.38. The molecule has 0 atom stereocenters. The first-order valence-corrected chi connectivity index (χ1v) is 6.59. The Morgan fingerprint density at radius 3 is 2.05 bits per heavy atom. The van der Waals surface area contributed by atoms with Gasteiger partial charge in [-0.3, -0.25) is 4.98 Å². The molecule has 106 valence electrons. The third-order valence-corrected chi connectivity index (χ3v) is 3.89. The first-order chi connectivity index (χ1) is 9.21. The summed E-state index contributed by atoms with van der Waals surface area (Å²) < 4.78 is 37.8. The lowest BCUT2D eigenvalue weighted by Crippen LogP contribution is -2.06. The maximum Gasteiger partial charge on any atom is 0.419 e. The van der Waals surface area contributed by atoms with Gasteiger partial charge in [-0.25, -0.2) is 0 Å². The van der Waals surface area contributed by atoms with Crippen LogP contribution < -0.4 is 0 Å². The van der Waals surface area contributed by atoms with Gasteiger partial charge in [-0.1, -0.05) is 46.4 Å². The summed E-state index contributed by atoms with van der Waals surface area (Å²) in [4.78, 5) is 3.71. The smallest absolute Gasteiger partial charge is 0.255 e. The van der Waals surface area contributed by atoms with Crippen LogP contribution >= 0.6 is 46.4 Å². The zero-order valence-electron chi connectivity index (χ0n) is 9.40. The molecule has 1 heterocycles. The summed E-state index contributed by atoms with van der Waals surface area (Å²) in [5, 5.41) is 0.0312. The summed E-state index contributed by atoms with van der Waals surface area (Å²) in [6.07, 6.45) is -3.95. The molecule has 1 nitrogen and oxygen atoms in total. The molecule has 0 saturated heterocycles. The molecule has 20 heavy (non-hydrogen) atoms. The molecule has 1 aromatic carbocycles. The first-order valence-electron chi connectivity index (χ1n) is 5.08. The van der Waals surface area contributed by atoms with Gasteiger partial charge in [0.05, 0.1) is 31.3 Å². The third kappa shape index (κ3) is 2.98. The van der Waals surface area contributed by atoms with Crippen molar-refractivity contribution < 1.29 is 13.2 Å². The van der Waals surface area contributed by atoms with E-state index in [1.807, 2.05) is 0 Å². The highest BCUT2D eigenvalue weighted by molar-refractivity contribution is 6.46. The Hall–Kier alpha value is -0.680. The quantitative estimate of drug-likeness (QED) is 0.537. The van der Waals surface area contributed by atoms with E-state index in [-0.39, 0.29) is 26.3 Å². The summed E-state index contributed by atoms with van der Waals surface area (Å²) in [6, 6.07) is 3.99. The van der Waals surface area contributed by atoms with Crippen molar-refractivity contribution in [3.05, 3.63) is 50.0 Å². The van der Waals surface area contributed by atoms with E-state index in [0.717, 1.165) is 6.07 Å². The SMILES string of the molecule is FC(F)(F)c1cnc(-c2c(Cl)ccc(Cl)c2Cl)cc1Cl. The molecule has 1 aromatic heterocycles. The molecular weight excluding hydrogens is 357 g/mol. The molecule has 0 N–H and O–H groups in total. The fraction of sp³-hybridized carbons (Fsp3) is 0.0833. The zero-order valence-corrected chi connectivity index (χ0v) is 12.4. The monoisotopic (exact) mass is 359 g/mol. The Morgan fingerprint density at radius 1 is 0.900 bits per heavy atom. The molecule has 0 amide bonds. The van der Waals surface area contributed by atoms with Gasteiger partial charge in [0.2, 0.25) is 0 Å². The summed E-state index contributed by atoms with van der Waals surface area (Å²) in [7, 11) is 0. The molecule has 2 rings (SSSR count). The Balaban J connectivity index is 2.62. The number of hydrogen-bond acceptors (Lipinski definition) is 1. The summed E-state index contributed by atoms with van der Waals surface area (Å²) in [5.74, 6) is 0. The molecule has 8 heteroatoms. The number of benzene rings is 1. The van der Waals surface area contributed by atoms with Gasteiger partial charge < -0.3 is 0 Å². The van der Waals surface area contributed by atoms with E-state index >= 15 is 0 Å². The van der Waals surface area contributed by atoms with Crippen LogP contribution in [0.25, 0.3) is 11.3 Å². The highest BCUT2D eigenvalue weighted by Crippen LogP contribution is 2.41. The van der Waals surface area contributed by atoms with Crippen LogP contribution in [0.3, 0.4) is 0 Å². The number of rotatable bonds is 1. The number of nitrogens with zero attached hydrogens (tertiary/aromatic N) is 1. The Kier molecular flexibility index (Phi) is 4.40. The second-order valence-electron chi connectivity index (χ2n) is 3.77. The number of hydrogen-bond donors (Lipinski definition) is 0. The zero-order chi connectivity index (χ0) is 15.1. The Labute approximate surface area is 132 Å². The second-order valence-corrected chi connectivity index (χ2v) is 5.36. The van der Waals surface area contributed by atoms with E-state index < -0.39 is 16.8 Å². The minimum Gasteiger partial charge on any atom is -0.255 e. The van der Waals surface area contributed by atoms with Crippen LogP contribution in [-0.2, 0) is 6.18 Å². The maximum atomic E-state index is 12.6. The van der Waals surface area contributed by atoms with Crippen LogP contribution in [0.5, 0.6) is 0 Å². The molecule has 0 unspecified atom stereocenters. The standard InChI is InChI=1S/C12H4Cl4F3N/c13-6-1-2-7(14)11(16)10(6)9-3-8(15)5(4-20-9)12(17,18)19/h1-4H. The van der Waals surface area contributed by atoms with E-state index in [1.54, 1.807) is 0 Å². The molecule has 0 aliphatic rings. The van der Waals surface area contributed by atoms with E-state index in [2.05, 4.69) is 4.98 Å². The number of aromatic nitrogens is 1. The fourth-order valence-electron chi connectivity index (χ4n) is 1.54. The number of pyridine rings is 1. The van der Waals surface area contributed by atoms with E-state index in [9.17, 15) is 13.2 Å². The topological polar surface area (TPSA) is 12.9 Å². The minimum atomic E-state index is -4.58. The van der Waals surface area contributed by atoms with Gasteiger partial charge in [0, 0.05) is 11.8 Å². The molecule has 0 aliphatic carbocycles. The largest absolute Gasteiger partial charge is 0.419 e. The second kappa shape index (κ2) is 5.60. The van der Waals surface area contributed by atoms with Gasteiger partial charge in [0.25, 0.3) is 0 Å². The van der Waals surface area contributed by atoms with Crippen LogP contribution in [0.1, 0.15) is 5.56 Å². The van der Waals surface area contributed by atoms with Crippen molar-refractivity contribution in [3.8, 4) is 11.3 Å². The molecule has 0 saturated carbocycles. The van der Waals surface area contributed by atoms with E-state index in [4.69, 9.17) is 46.4 Å². The average Bonchev–Trinajstić information content (AvgIpc) is 2.33. The Morgan fingerprint density at radius 2 is 1.50 bits per heavy atom. The normalized spacial score (nSPS) is 11.8. The summed E-state index contributed by atoms with van der Waals surface area (Å²) in [5.41, 5.74) is -0.686. The van der Waals surface area contributed by atoms with Gasteiger partial charge in [0.15, 0.2) is 0 Å². The van der Waals surface area contributed by atoms with Gasteiger partial charge in [-0.05, 0) is 18.2 Å². The number of alkyl halides is 3. The van der Waals surface area contributed by atoms with E-state index in [0.29, 0.717) is 6.20 Å². The highest BCUT2D eigenvalue weighted by Gasteiger charge is 2.34. The maximum absolute atomic E-state index is 12.6. The Bertz CT molecular complexity index is 670. The van der Waals surface area contributed by atoms with E-state index in [1.165, 1.54) is 12.1 Å². The highest BCUT2D eigenvalue weighted by atomic mass is 35.5. The molecule has 0 radical (unpaired) electrons. The molecular formula is C12H4Cl4F3N. The van der Waals surface area contributed by atoms with Crippen molar-refractivity contribution in [3.63, 3.8) is 0 Å². The van der Waals surface area contributed by atoms with Crippen molar-refractivity contribution in [2.45, 2.75) is 6.18 Å².